The van der Waals surface area contributed by atoms with E-state index in [4.69, 9.17) is 8.83 Å². The lowest BCUT2D eigenvalue weighted by atomic mass is 9.95. The lowest BCUT2D eigenvalue weighted by Gasteiger charge is -2.14. The second-order valence-electron chi connectivity index (χ2n) is 6.13. The standard InChI is InChI=1S/C19H12Br2O2/c1-9-6-17-14(8-15(9)21)12-4-3-11-13-7-10(20)2-5-16(13)22-18(11)19(12)23-17/h2-5,7-9H,6H2,1H3. The van der Waals surface area contributed by atoms with Gasteiger partial charge in [0.1, 0.15) is 11.3 Å². The van der Waals surface area contributed by atoms with Crippen LogP contribution in [-0.2, 0) is 6.42 Å². The van der Waals surface area contributed by atoms with Crippen molar-refractivity contribution >= 4 is 70.8 Å². The predicted octanol–water partition coefficient (Wildman–Crippen LogP) is 7.02. The van der Waals surface area contributed by atoms with Crippen molar-refractivity contribution in [1.29, 1.82) is 0 Å². The van der Waals surface area contributed by atoms with Crippen LogP contribution in [0.25, 0.3) is 39.0 Å². The Morgan fingerprint density at radius 2 is 1.74 bits per heavy atom. The lowest BCUT2D eigenvalue weighted by Crippen LogP contribution is -2.04. The third kappa shape index (κ3) is 1.91. The highest BCUT2D eigenvalue weighted by Gasteiger charge is 2.24. The Morgan fingerprint density at radius 1 is 0.957 bits per heavy atom. The van der Waals surface area contributed by atoms with Crippen molar-refractivity contribution in [2.45, 2.75) is 13.3 Å². The third-order valence-corrected chi connectivity index (χ3v) is 6.12. The van der Waals surface area contributed by atoms with E-state index in [0.29, 0.717) is 5.92 Å². The molecule has 0 bridgehead atoms. The van der Waals surface area contributed by atoms with E-state index in [1.54, 1.807) is 0 Å². The maximum atomic E-state index is 6.21. The van der Waals surface area contributed by atoms with Crippen molar-refractivity contribution in [1.82, 2.24) is 0 Å². The minimum absolute atomic E-state index is 0.449. The van der Waals surface area contributed by atoms with E-state index in [1.807, 2.05) is 12.1 Å². The Balaban J connectivity index is 1.91. The Kier molecular flexibility index (Phi) is 2.86. The van der Waals surface area contributed by atoms with Crippen LogP contribution < -0.4 is 0 Å². The Hall–Kier alpha value is -1.52. The van der Waals surface area contributed by atoms with Gasteiger partial charge in [-0.3, -0.25) is 0 Å². The quantitative estimate of drug-likeness (QED) is 0.299. The molecule has 4 aromatic rings. The summed E-state index contributed by atoms with van der Waals surface area (Å²) in [4.78, 5) is 0. The molecule has 1 atom stereocenters. The summed E-state index contributed by atoms with van der Waals surface area (Å²) in [6.45, 7) is 2.20. The van der Waals surface area contributed by atoms with Crippen LogP contribution in [0.5, 0.6) is 0 Å². The van der Waals surface area contributed by atoms with Crippen molar-refractivity contribution in [3.8, 4) is 0 Å². The van der Waals surface area contributed by atoms with E-state index >= 15 is 0 Å². The first kappa shape index (κ1) is 13.9. The Morgan fingerprint density at radius 3 is 2.61 bits per heavy atom. The Labute approximate surface area is 149 Å². The SMILES string of the molecule is CC1Cc2oc3c(ccc4c5cc(Br)ccc5oc43)c2C=C1Br. The molecule has 4 heteroatoms. The van der Waals surface area contributed by atoms with Gasteiger partial charge in [0.15, 0.2) is 11.2 Å². The van der Waals surface area contributed by atoms with E-state index < -0.39 is 0 Å². The molecule has 0 saturated heterocycles. The number of benzene rings is 2. The fourth-order valence-corrected chi connectivity index (χ4v) is 4.15. The topological polar surface area (TPSA) is 26.3 Å². The zero-order valence-corrected chi connectivity index (χ0v) is 15.5. The average Bonchev–Trinajstić information content (AvgIpc) is 3.06. The van der Waals surface area contributed by atoms with E-state index in [2.05, 4.69) is 63.1 Å². The lowest BCUT2D eigenvalue weighted by molar-refractivity contribution is 0.508. The molecule has 1 aliphatic carbocycles. The molecule has 114 valence electrons. The fraction of sp³-hybridized carbons (Fsp3) is 0.158. The van der Waals surface area contributed by atoms with Crippen LogP contribution in [0.4, 0.5) is 0 Å². The summed E-state index contributed by atoms with van der Waals surface area (Å²) >= 11 is 7.20. The molecule has 0 saturated carbocycles. The molecule has 2 aromatic carbocycles. The second-order valence-corrected chi connectivity index (χ2v) is 7.97. The summed E-state index contributed by atoms with van der Waals surface area (Å²) in [5.41, 5.74) is 3.75. The van der Waals surface area contributed by atoms with Crippen molar-refractivity contribution in [2.24, 2.45) is 5.92 Å². The van der Waals surface area contributed by atoms with Crippen molar-refractivity contribution in [3.05, 3.63) is 50.6 Å². The van der Waals surface area contributed by atoms with Crippen LogP contribution in [0.1, 0.15) is 18.2 Å². The van der Waals surface area contributed by atoms with Gasteiger partial charge in [-0.15, -0.1) is 0 Å². The van der Waals surface area contributed by atoms with Gasteiger partial charge in [-0.1, -0.05) is 38.8 Å². The molecule has 0 amide bonds. The summed E-state index contributed by atoms with van der Waals surface area (Å²) in [5.74, 6) is 1.50. The summed E-state index contributed by atoms with van der Waals surface area (Å²) < 4.78 is 14.6. The molecule has 5 rings (SSSR count). The third-order valence-electron chi connectivity index (χ3n) is 4.62. The van der Waals surface area contributed by atoms with Crippen LogP contribution in [0.2, 0.25) is 0 Å². The molecule has 2 nitrogen and oxygen atoms in total. The van der Waals surface area contributed by atoms with Crippen molar-refractivity contribution < 1.29 is 8.83 Å². The maximum absolute atomic E-state index is 6.21. The summed E-state index contributed by atoms with van der Waals surface area (Å²) in [5, 5.41) is 3.32. The summed E-state index contributed by atoms with van der Waals surface area (Å²) in [6, 6.07) is 10.4. The van der Waals surface area contributed by atoms with E-state index in [0.717, 1.165) is 49.6 Å². The number of halogens is 2. The smallest absolute Gasteiger partial charge is 0.178 e. The molecule has 1 unspecified atom stereocenters. The van der Waals surface area contributed by atoms with Crippen molar-refractivity contribution in [3.63, 3.8) is 0 Å². The van der Waals surface area contributed by atoms with Crippen LogP contribution in [0, 0.1) is 5.92 Å². The molecule has 0 fully saturated rings. The van der Waals surface area contributed by atoms with Crippen LogP contribution in [0.3, 0.4) is 0 Å². The number of hydrogen-bond donors (Lipinski definition) is 0. The van der Waals surface area contributed by atoms with E-state index in [1.165, 1.54) is 10.0 Å². The van der Waals surface area contributed by atoms with Crippen LogP contribution in [-0.4, -0.2) is 0 Å². The van der Waals surface area contributed by atoms with Gasteiger partial charge in [0.2, 0.25) is 0 Å². The minimum Gasteiger partial charge on any atom is -0.456 e. The normalized spacial score (nSPS) is 17.9. The van der Waals surface area contributed by atoms with Gasteiger partial charge < -0.3 is 8.83 Å². The summed E-state index contributed by atoms with van der Waals surface area (Å²) in [6.07, 6.45) is 3.09. The molecule has 23 heavy (non-hydrogen) atoms. The van der Waals surface area contributed by atoms with Gasteiger partial charge in [-0.2, -0.15) is 0 Å². The highest BCUT2D eigenvalue weighted by Crippen LogP contribution is 2.42. The number of allylic oxidation sites excluding steroid dienone is 1. The largest absolute Gasteiger partial charge is 0.456 e. The van der Waals surface area contributed by atoms with Gasteiger partial charge in [-0.05, 0) is 46.8 Å². The number of fused-ring (bicyclic) bond motifs is 7. The average molecular weight is 432 g/mol. The molecular weight excluding hydrogens is 420 g/mol. The molecule has 0 radical (unpaired) electrons. The van der Waals surface area contributed by atoms with Crippen molar-refractivity contribution in [2.75, 3.05) is 0 Å². The highest BCUT2D eigenvalue weighted by atomic mass is 79.9. The Bertz CT molecular complexity index is 1130. The predicted molar refractivity (Wildman–Crippen MR) is 101 cm³/mol. The number of furan rings is 2. The molecule has 0 N–H and O–H groups in total. The van der Waals surface area contributed by atoms with Gasteiger partial charge >= 0.3 is 0 Å². The fourth-order valence-electron chi connectivity index (χ4n) is 3.40. The zero-order valence-electron chi connectivity index (χ0n) is 12.3. The van der Waals surface area contributed by atoms with E-state index in [9.17, 15) is 0 Å². The number of rotatable bonds is 0. The highest BCUT2D eigenvalue weighted by molar-refractivity contribution is 9.11. The summed E-state index contributed by atoms with van der Waals surface area (Å²) in [7, 11) is 0. The van der Waals surface area contributed by atoms with Gasteiger partial charge in [0, 0.05) is 32.6 Å². The monoisotopic (exact) mass is 430 g/mol. The molecule has 2 heterocycles. The maximum Gasteiger partial charge on any atom is 0.178 e. The van der Waals surface area contributed by atoms with Gasteiger partial charge in [0.25, 0.3) is 0 Å². The first-order valence-corrected chi connectivity index (χ1v) is 9.13. The molecule has 1 aliphatic rings. The molecule has 0 spiro atoms. The first-order chi connectivity index (χ1) is 11.1. The van der Waals surface area contributed by atoms with Gasteiger partial charge in [-0.25, -0.2) is 0 Å². The van der Waals surface area contributed by atoms with Gasteiger partial charge in [0.05, 0.1) is 0 Å². The van der Waals surface area contributed by atoms with E-state index in [-0.39, 0.29) is 0 Å². The number of hydrogen-bond acceptors (Lipinski definition) is 2. The molecule has 0 aliphatic heterocycles. The van der Waals surface area contributed by atoms with Crippen LogP contribution >= 0.6 is 31.9 Å². The molecular formula is C19H12Br2O2. The minimum atomic E-state index is 0.449. The second kappa shape index (κ2) is 4.74. The zero-order chi connectivity index (χ0) is 15.7. The first-order valence-electron chi connectivity index (χ1n) is 7.55. The molecule has 2 aromatic heterocycles. The van der Waals surface area contributed by atoms with Crippen LogP contribution in [0.15, 0.2) is 48.1 Å².